The molecule has 0 aliphatic heterocycles. The van der Waals surface area contributed by atoms with Gasteiger partial charge in [0.2, 0.25) is 0 Å². The molecule has 3 aromatic carbocycles. The van der Waals surface area contributed by atoms with Crippen molar-refractivity contribution in [1.82, 2.24) is 15.1 Å². The normalized spacial score (nSPS) is 10.7. The van der Waals surface area contributed by atoms with E-state index in [0.29, 0.717) is 40.2 Å². The third kappa shape index (κ3) is 5.88. The van der Waals surface area contributed by atoms with Crippen LogP contribution in [0.15, 0.2) is 89.9 Å². The topological polar surface area (TPSA) is 85.2 Å². The maximum Gasteiger partial charge on any atom is 0.299 e. The molecule has 1 amide bonds. The van der Waals surface area contributed by atoms with E-state index < -0.39 is 5.56 Å². The lowest BCUT2D eigenvalue weighted by Crippen LogP contribution is -2.27. The lowest BCUT2D eigenvalue weighted by Gasteiger charge is -2.15. The van der Waals surface area contributed by atoms with Gasteiger partial charge in [-0.25, -0.2) is 0 Å². The molecule has 0 atom stereocenters. The van der Waals surface area contributed by atoms with Gasteiger partial charge in [0.1, 0.15) is 5.75 Å². The molecule has 0 saturated heterocycles. The van der Waals surface area contributed by atoms with Gasteiger partial charge in [0.25, 0.3) is 11.5 Å². The van der Waals surface area contributed by atoms with Crippen molar-refractivity contribution in [2.75, 3.05) is 11.9 Å². The minimum absolute atomic E-state index is 0.156. The van der Waals surface area contributed by atoms with Crippen LogP contribution in [0.3, 0.4) is 0 Å². The second-order valence-electron chi connectivity index (χ2n) is 8.28. The van der Waals surface area contributed by atoms with Crippen LogP contribution < -0.4 is 20.9 Å². The van der Waals surface area contributed by atoms with Crippen molar-refractivity contribution >= 4 is 28.9 Å². The van der Waals surface area contributed by atoms with Gasteiger partial charge in [0.05, 0.1) is 16.9 Å². The molecule has 178 valence electrons. The average molecular weight is 489 g/mol. The van der Waals surface area contributed by atoms with Crippen LogP contribution in [0.25, 0.3) is 5.69 Å². The lowest BCUT2D eigenvalue weighted by molar-refractivity contribution is 0.0949. The molecule has 0 radical (unpaired) electrons. The predicted octanol–water partition coefficient (Wildman–Crippen LogP) is 5.81. The first-order valence-electron chi connectivity index (χ1n) is 11.2. The van der Waals surface area contributed by atoms with Gasteiger partial charge in [0, 0.05) is 17.8 Å². The first kappa shape index (κ1) is 24.0. The number of carbonyl (C=O) groups excluding carboxylic acids is 1. The van der Waals surface area contributed by atoms with Crippen molar-refractivity contribution in [2.45, 2.75) is 13.8 Å². The minimum atomic E-state index is -0.457. The Balaban J connectivity index is 1.74. The van der Waals surface area contributed by atoms with Gasteiger partial charge < -0.3 is 15.4 Å². The molecule has 0 fully saturated rings. The van der Waals surface area contributed by atoms with Gasteiger partial charge in [-0.15, -0.1) is 0 Å². The molecule has 0 saturated carbocycles. The predicted molar refractivity (Wildman–Crippen MR) is 138 cm³/mol. The Hall–Kier alpha value is -4.10. The number of amides is 1. The largest absolute Gasteiger partial charge is 0.453 e. The highest BCUT2D eigenvalue weighted by Gasteiger charge is 2.17. The highest BCUT2D eigenvalue weighted by molar-refractivity contribution is 6.32. The molecule has 1 heterocycles. The maximum atomic E-state index is 13.6. The summed E-state index contributed by atoms with van der Waals surface area (Å²) in [6.45, 7) is 4.62. The summed E-state index contributed by atoms with van der Waals surface area (Å²) in [5.41, 5.74) is 1.16. The first-order chi connectivity index (χ1) is 16.9. The molecule has 8 heteroatoms. The van der Waals surface area contributed by atoms with Crippen molar-refractivity contribution in [3.63, 3.8) is 0 Å². The molecule has 0 spiro atoms. The fraction of sp³-hybridized carbons (Fsp3) is 0.148. The highest BCUT2D eigenvalue weighted by atomic mass is 35.5. The number of aromatic nitrogens is 2. The fourth-order valence-corrected chi connectivity index (χ4v) is 3.54. The molecule has 1 aromatic heterocycles. The van der Waals surface area contributed by atoms with E-state index in [1.54, 1.807) is 60.7 Å². The number of nitrogens with zero attached hydrogens (tertiary/aromatic N) is 2. The van der Waals surface area contributed by atoms with Crippen LogP contribution in [0.2, 0.25) is 5.02 Å². The van der Waals surface area contributed by atoms with E-state index in [9.17, 15) is 9.59 Å². The van der Waals surface area contributed by atoms with E-state index in [0.717, 1.165) is 0 Å². The number of hydrogen-bond acceptors (Lipinski definition) is 5. The smallest absolute Gasteiger partial charge is 0.299 e. The van der Waals surface area contributed by atoms with Crippen LogP contribution in [0, 0.1) is 5.92 Å². The van der Waals surface area contributed by atoms with Gasteiger partial charge in [-0.3, -0.25) is 9.59 Å². The minimum Gasteiger partial charge on any atom is -0.453 e. The number of halogens is 1. The Morgan fingerprint density at radius 3 is 2.51 bits per heavy atom. The lowest BCUT2D eigenvalue weighted by atomic mass is 10.1. The molecule has 7 nitrogen and oxygen atoms in total. The monoisotopic (exact) mass is 488 g/mol. The zero-order valence-electron chi connectivity index (χ0n) is 19.4. The molecule has 0 bridgehead atoms. The fourth-order valence-electron chi connectivity index (χ4n) is 3.32. The number of ether oxygens (including phenoxy) is 1. The van der Waals surface area contributed by atoms with Crippen LogP contribution in [0.4, 0.5) is 11.4 Å². The summed E-state index contributed by atoms with van der Waals surface area (Å²) in [4.78, 5) is 26.1. The number of nitrogens with one attached hydrogen (secondary N) is 2. The van der Waals surface area contributed by atoms with E-state index >= 15 is 0 Å². The second kappa shape index (κ2) is 10.9. The number of carbonyl (C=O) groups is 1. The van der Waals surface area contributed by atoms with Crippen LogP contribution in [0.5, 0.6) is 11.5 Å². The Labute approximate surface area is 208 Å². The summed E-state index contributed by atoms with van der Waals surface area (Å²) in [6.07, 6.45) is 1.46. The molecule has 0 aliphatic rings. The Morgan fingerprint density at radius 2 is 1.77 bits per heavy atom. The number of para-hydroxylation sites is 2. The van der Waals surface area contributed by atoms with Gasteiger partial charge in [-0.2, -0.15) is 9.78 Å². The molecular formula is C27H25ClN4O3. The van der Waals surface area contributed by atoms with Crippen LogP contribution in [0.1, 0.15) is 24.2 Å². The molecule has 4 aromatic rings. The van der Waals surface area contributed by atoms with Crippen molar-refractivity contribution in [3.05, 3.63) is 106 Å². The third-order valence-electron chi connectivity index (χ3n) is 5.06. The third-order valence-corrected chi connectivity index (χ3v) is 5.38. The van der Waals surface area contributed by atoms with E-state index in [2.05, 4.69) is 15.7 Å². The van der Waals surface area contributed by atoms with Gasteiger partial charge in [-0.05, 0) is 48.4 Å². The molecule has 0 unspecified atom stereocenters. The summed E-state index contributed by atoms with van der Waals surface area (Å²) in [7, 11) is 0. The molecule has 35 heavy (non-hydrogen) atoms. The van der Waals surface area contributed by atoms with E-state index in [4.69, 9.17) is 16.3 Å². The van der Waals surface area contributed by atoms with Gasteiger partial charge in [0.15, 0.2) is 11.4 Å². The Kier molecular flexibility index (Phi) is 7.48. The number of rotatable bonds is 8. The van der Waals surface area contributed by atoms with Crippen molar-refractivity contribution in [2.24, 2.45) is 5.92 Å². The summed E-state index contributed by atoms with van der Waals surface area (Å²) < 4.78 is 7.19. The number of anilines is 2. The highest BCUT2D eigenvalue weighted by Crippen LogP contribution is 2.29. The molecule has 4 rings (SSSR count). The second-order valence-corrected chi connectivity index (χ2v) is 8.68. The Bertz CT molecular complexity index is 1390. The Morgan fingerprint density at radius 1 is 1.03 bits per heavy atom. The van der Waals surface area contributed by atoms with Crippen LogP contribution in [-0.4, -0.2) is 22.2 Å². The van der Waals surface area contributed by atoms with Crippen molar-refractivity contribution in [3.8, 4) is 17.2 Å². The SMILES string of the molecule is CC(C)CNC(=O)c1cccc(Nc2c(Oc3ccccc3)cnn(-c3ccccc3Cl)c2=O)c1. The van der Waals surface area contributed by atoms with Crippen LogP contribution in [-0.2, 0) is 0 Å². The average Bonchev–Trinajstić information content (AvgIpc) is 2.86. The summed E-state index contributed by atoms with van der Waals surface area (Å²) in [5.74, 6) is 0.928. The van der Waals surface area contributed by atoms with Gasteiger partial charge >= 0.3 is 0 Å². The summed E-state index contributed by atoms with van der Waals surface area (Å²) >= 11 is 6.32. The standard InChI is InChI=1S/C27H25ClN4O3/c1-18(2)16-29-26(33)19-9-8-10-20(15-19)31-25-24(35-21-11-4-3-5-12-21)17-30-32(27(25)34)23-14-7-6-13-22(23)28/h3-15,17-18,31H,16H2,1-2H3,(H,29,33). The van der Waals surface area contributed by atoms with Gasteiger partial charge in [-0.1, -0.05) is 61.8 Å². The first-order valence-corrected chi connectivity index (χ1v) is 11.6. The zero-order valence-corrected chi connectivity index (χ0v) is 20.1. The van der Waals surface area contributed by atoms with E-state index in [1.165, 1.54) is 10.9 Å². The molecule has 2 N–H and O–H groups in total. The zero-order chi connectivity index (χ0) is 24.8. The van der Waals surface area contributed by atoms with Crippen LogP contribution >= 0.6 is 11.6 Å². The summed E-state index contributed by atoms with van der Waals surface area (Å²) in [6, 6.07) is 23.0. The van der Waals surface area contributed by atoms with Crippen molar-refractivity contribution < 1.29 is 9.53 Å². The molecular weight excluding hydrogens is 464 g/mol. The number of hydrogen-bond donors (Lipinski definition) is 2. The van der Waals surface area contributed by atoms with E-state index in [-0.39, 0.29) is 17.3 Å². The maximum absolute atomic E-state index is 13.6. The number of benzene rings is 3. The quantitative estimate of drug-likeness (QED) is 0.327. The van der Waals surface area contributed by atoms with E-state index in [1.807, 2.05) is 32.0 Å². The van der Waals surface area contributed by atoms with Crippen molar-refractivity contribution in [1.29, 1.82) is 0 Å². The molecule has 0 aliphatic carbocycles. The summed E-state index contributed by atoms with van der Waals surface area (Å²) in [5, 5.41) is 10.7.